The van der Waals surface area contributed by atoms with Gasteiger partial charge in [0.2, 0.25) is 10.0 Å². The first-order valence-electron chi connectivity index (χ1n) is 5.54. The van der Waals surface area contributed by atoms with E-state index in [1.165, 1.54) is 6.07 Å². The maximum Gasteiger partial charge on any atom is 0.240 e. The van der Waals surface area contributed by atoms with Crippen molar-refractivity contribution in [1.82, 2.24) is 9.62 Å². The summed E-state index contributed by atoms with van der Waals surface area (Å²) in [6, 6.07) is 6.33. The molecule has 2 rings (SSSR count). The molecule has 94 valence electrons. The van der Waals surface area contributed by atoms with Crippen LogP contribution < -0.4 is 10.5 Å². The molecule has 1 aliphatic rings. The van der Waals surface area contributed by atoms with E-state index in [1.54, 1.807) is 18.2 Å². The lowest BCUT2D eigenvalue weighted by Gasteiger charge is -2.13. The second kappa shape index (κ2) is 4.64. The average Bonchev–Trinajstić information content (AvgIpc) is 2.63. The van der Waals surface area contributed by atoms with Crippen LogP contribution in [0.25, 0.3) is 0 Å². The fourth-order valence-electron chi connectivity index (χ4n) is 2.00. The van der Waals surface area contributed by atoms with Crippen molar-refractivity contribution < 1.29 is 8.42 Å². The largest absolute Gasteiger partial charge is 0.399 e. The molecule has 0 amide bonds. The molecule has 3 N–H and O–H groups in total. The number of likely N-dealkylation sites (N-methyl/N-ethyl adjacent to an activating group) is 1. The maximum absolute atomic E-state index is 12.1. The van der Waals surface area contributed by atoms with Crippen LogP contribution in [-0.2, 0) is 10.0 Å². The minimum atomic E-state index is -3.45. The minimum Gasteiger partial charge on any atom is -0.399 e. The van der Waals surface area contributed by atoms with Crippen LogP contribution in [0.5, 0.6) is 0 Å². The zero-order chi connectivity index (χ0) is 12.5. The summed E-state index contributed by atoms with van der Waals surface area (Å²) in [5, 5.41) is 0. The molecular weight excluding hydrogens is 238 g/mol. The number of hydrogen-bond acceptors (Lipinski definition) is 4. The standard InChI is InChI=1S/C11H17N3O2S/c1-14-6-5-10(8-14)13-17(15,16)11-4-2-3-9(12)7-11/h2-4,7,10,13H,5-6,8,12H2,1H3. The van der Waals surface area contributed by atoms with Crippen LogP contribution in [0.4, 0.5) is 5.69 Å². The van der Waals surface area contributed by atoms with E-state index in [-0.39, 0.29) is 10.9 Å². The Labute approximate surface area is 102 Å². The maximum atomic E-state index is 12.1. The molecule has 0 aliphatic carbocycles. The predicted molar refractivity (Wildman–Crippen MR) is 67.1 cm³/mol. The normalized spacial score (nSPS) is 21.8. The number of rotatable bonds is 3. The number of nitrogens with zero attached hydrogens (tertiary/aromatic N) is 1. The van der Waals surface area contributed by atoms with Crippen LogP contribution in [0.3, 0.4) is 0 Å². The Kier molecular flexibility index (Phi) is 3.37. The highest BCUT2D eigenvalue weighted by Gasteiger charge is 2.25. The van der Waals surface area contributed by atoms with E-state index >= 15 is 0 Å². The molecular formula is C11H17N3O2S. The summed E-state index contributed by atoms with van der Waals surface area (Å²) in [6.07, 6.45) is 0.845. The third-order valence-corrected chi connectivity index (χ3v) is 4.40. The highest BCUT2D eigenvalue weighted by molar-refractivity contribution is 7.89. The highest BCUT2D eigenvalue weighted by Crippen LogP contribution is 2.15. The number of hydrogen-bond donors (Lipinski definition) is 2. The topological polar surface area (TPSA) is 75.4 Å². The molecule has 1 atom stereocenters. The first-order valence-corrected chi connectivity index (χ1v) is 7.02. The van der Waals surface area contributed by atoms with Crippen LogP contribution in [0.1, 0.15) is 6.42 Å². The molecule has 0 radical (unpaired) electrons. The van der Waals surface area contributed by atoms with Gasteiger partial charge in [-0.3, -0.25) is 0 Å². The van der Waals surface area contributed by atoms with Gasteiger partial charge >= 0.3 is 0 Å². The van der Waals surface area contributed by atoms with Crippen LogP contribution in [-0.4, -0.2) is 39.5 Å². The molecule has 1 unspecified atom stereocenters. The van der Waals surface area contributed by atoms with Gasteiger partial charge in [0.1, 0.15) is 0 Å². The molecule has 0 saturated carbocycles. The summed E-state index contributed by atoms with van der Waals surface area (Å²) in [7, 11) is -1.47. The first kappa shape index (κ1) is 12.3. The lowest BCUT2D eigenvalue weighted by atomic mass is 10.3. The molecule has 0 bridgehead atoms. The number of nitrogens with one attached hydrogen (secondary N) is 1. The van der Waals surface area contributed by atoms with Gasteiger partial charge in [-0.05, 0) is 38.2 Å². The second-order valence-electron chi connectivity index (χ2n) is 4.44. The van der Waals surface area contributed by atoms with Crippen LogP contribution >= 0.6 is 0 Å². The van der Waals surface area contributed by atoms with Crippen molar-refractivity contribution in [2.45, 2.75) is 17.4 Å². The van der Waals surface area contributed by atoms with E-state index in [0.717, 1.165) is 19.5 Å². The van der Waals surface area contributed by atoms with Crippen LogP contribution in [0, 0.1) is 0 Å². The van der Waals surface area contributed by atoms with Gasteiger partial charge in [-0.2, -0.15) is 0 Å². The van der Waals surface area contributed by atoms with Gasteiger partial charge in [0.15, 0.2) is 0 Å². The average molecular weight is 255 g/mol. The number of benzene rings is 1. The molecule has 6 heteroatoms. The predicted octanol–water partition coefficient (Wildman–Crippen LogP) is 0.251. The number of likely N-dealkylation sites (tertiary alicyclic amines) is 1. The molecule has 1 aliphatic heterocycles. The Morgan fingerprint density at radius 3 is 2.82 bits per heavy atom. The third kappa shape index (κ3) is 2.96. The van der Waals surface area contributed by atoms with E-state index in [2.05, 4.69) is 9.62 Å². The first-order chi connectivity index (χ1) is 7.97. The Hall–Kier alpha value is -1.11. The Balaban J connectivity index is 2.14. The van der Waals surface area contributed by atoms with Gasteiger partial charge in [-0.15, -0.1) is 0 Å². The quantitative estimate of drug-likeness (QED) is 0.759. The Morgan fingerprint density at radius 1 is 1.47 bits per heavy atom. The summed E-state index contributed by atoms with van der Waals surface area (Å²) < 4.78 is 26.8. The number of nitrogens with two attached hydrogens (primary N) is 1. The van der Waals surface area contributed by atoms with E-state index in [1.807, 2.05) is 7.05 Å². The third-order valence-electron chi connectivity index (χ3n) is 2.88. The summed E-state index contributed by atoms with van der Waals surface area (Å²) in [5.41, 5.74) is 6.04. The number of anilines is 1. The molecule has 5 nitrogen and oxygen atoms in total. The van der Waals surface area contributed by atoms with Crippen molar-refractivity contribution in [3.8, 4) is 0 Å². The van der Waals surface area contributed by atoms with E-state index in [9.17, 15) is 8.42 Å². The summed E-state index contributed by atoms with van der Waals surface area (Å²) >= 11 is 0. The van der Waals surface area contributed by atoms with Gasteiger partial charge in [-0.25, -0.2) is 13.1 Å². The molecule has 1 heterocycles. The van der Waals surface area contributed by atoms with Crippen LogP contribution in [0.2, 0.25) is 0 Å². The molecule has 1 aromatic carbocycles. The smallest absolute Gasteiger partial charge is 0.240 e. The van der Waals surface area contributed by atoms with Gasteiger partial charge < -0.3 is 10.6 Å². The monoisotopic (exact) mass is 255 g/mol. The van der Waals surface area contributed by atoms with Gasteiger partial charge in [0.25, 0.3) is 0 Å². The van der Waals surface area contributed by atoms with Crippen LogP contribution in [0.15, 0.2) is 29.2 Å². The van der Waals surface area contributed by atoms with Crippen molar-refractivity contribution in [1.29, 1.82) is 0 Å². The Morgan fingerprint density at radius 2 is 2.24 bits per heavy atom. The molecule has 0 aromatic heterocycles. The van der Waals surface area contributed by atoms with Crippen molar-refractivity contribution in [2.75, 3.05) is 25.9 Å². The van der Waals surface area contributed by atoms with Crippen molar-refractivity contribution in [3.05, 3.63) is 24.3 Å². The summed E-state index contributed by atoms with van der Waals surface area (Å²) in [6.45, 7) is 1.67. The van der Waals surface area contributed by atoms with E-state index < -0.39 is 10.0 Å². The molecule has 0 spiro atoms. The Bertz CT molecular complexity index is 501. The van der Waals surface area contributed by atoms with Crippen molar-refractivity contribution in [3.63, 3.8) is 0 Å². The van der Waals surface area contributed by atoms with Gasteiger partial charge in [0.05, 0.1) is 4.90 Å². The summed E-state index contributed by atoms with van der Waals surface area (Å²) in [5.74, 6) is 0. The zero-order valence-electron chi connectivity index (χ0n) is 9.76. The second-order valence-corrected chi connectivity index (χ2v) is 6.16. The lowest BCUT2D eigenvalue weighted by molar-refractivity contribution is 0.407. The lowest BCUT2D eigenvalue weighted by Crippen LogP contribution is -2.36. The highest BCUT2D eigenvalue weighted by atomic mass is 32.2. The van der Waals surface area contributed by atoms with Crippen molar-refractivity contribution in [2.24, 2.45) is 0 Å². The fourth-order valence-corrected chi connectivity index (χ4v) is 3.32. The zero-order valence-corrected chi connectivity index (χ0v) is 10.6. The molecule has 1 saturated heterocycles. The summed E-state index contributed by atoms with van der Waals surface area (Å²) in [4.78, 5) is 2.33. The number of sulfonamides is 1. The molecule has 1 fully saturated rings. The van der Waals surface area contributed by atoms with E-state index in [4.69, 9.17) is 5.73 Å². The SMILES string of the molecule is CN1CCC(NS(=O)(=O)c2cccc(N)c2)C1. The molecule has 1 aromatic rings. The number of nitrogen functional groups attached to an aromatic ring is 1. The van der Waals surface area contributed by atoms with E-state index in [0.29, 0.717) is 5.69 Å². The molecule has 17 heavy (non-hydrogen) atoms. The fraction of sp³-hybridized carbons (Fsp3) is 0.455. The van der Waals surface area contributed by atoms with Gasteiger partial charge in [0, 0.05) is 18.3 Å². The van der Waals surface area contributed by atoms with Crippen molar-refractivity contribution >= 4 is 15.7 Å². The minimum absolute atomic E-state index is 0.00793. The van der Waals surface area contributed by atoms with Gasteiger partial charge in [-0.1, -0.05) is 6.07 Å².